The van der Waals surface area contributed by atoms with E-state index in [0.29, 0.717) is 17.4 Å². The third kappa shape index (κ3) is 6.01. The first-order valence-corrected chi connectivity index (χ1v) is 16.3. The summed E-state index contributed by atoms with van der Waals surface area (Å²) in [6, 6.07) is 0. The lowest BCUT2D eigenvalue weighted by molar-refractivity contribution is -0.0583. The van der Waals surface area contributed by atoms with Crippen LogP contribution in [0.1, 0.15) is 112 Å². The molecule has 9 atom stereocenters. The van der Waals surface area contributed by atoms with Crippen LogP contribution in [0.5, 0.6) is 0 Å². The lowest BCUT2D eigenvalue weighted by Crippen LogP contribution is -2.51. The Bertz CT molecular complexity index is 836. The van der Waals surface area contributed by atoms with Crippen molar-refractivity contribution >= 4 is 6.09 Å². The van der Waals surface area contributed by atoms with Crippen LogP contribution < -0.4 is 5.32 Å². The molecule has 4 nitrogen and oxygen atoms in total. The van der Waals surface area contributed by atoms with E-state index in [1.807, 2.05) is 14.1 Å². The van der Waals surface area contributed by atoms with Gasteiger partial charge in [0.1, 0.15) is 6.10 Å². The molecular formula is C34H60N2O2. The van der Waals surface area contributed by atoms with Gasteiger partial charge in [0.25, 0.3) is 0 Å². The maximum atomic E-state index is 12.4. The number of carbonyl (C=O) groups excluding carboxylic acids is 1. The molecule has 218 valence electrons. The van der Waals surface area contributed by atoms with Crippen LogP contribution in [-0.2, 0) is 4.74 Å². The van der Waals surface area contributed by atoms with Gasteiger partial charge in [-0.15, -0.1) is 0 Å². The zero-order valence-corrected chi connectivity index (χ0v) is 26.2. The quantitative estimate of drug-likeness (QED) is 0.290. The molecule has 0 aliphatic heterocycles. The minimum absolute atomic E-state index is 0.0357. The molecule has 1 amide bonds. The van der Waals surface area contributed by atoms with Gasteiger partial charge in [0.05, 0.1) is 0 Å². The molecule has 0 aromatic carbocycles. The molecule has 4 aliphatic rings. The Balaban J connectivity index is 1.37. The topological polar surface area (TPSA) is 41.6 Å². The SMILES string of the molecule is CC[C@H](CC[C@@H](C)[C@H]1CC[C@H]2C3CC=C4C[C@@H](OC(=O)NCCN(C)C)CCC4(C)[C@H]3CC[C@]12C)C(C)C. The number of likely N-dealkylation sites (N-methyl/N-ethyl adjacent to an activating group) is 1. The maximum Gasteiger partial charge on any atom is 0.407 e. The molecule has 3 saturated carbocycles. The Morgan fingerprint density at radius 2 is 1.84 bits per heavy atom. The van der Waals surface area contributed by atoms with Crippen molar-refractivity contribution in [1.82, 2.24) is 10.2 Å². The molecule has 38 heavy (non-hydrogen) atoms. The van der Waals surface area contributed by atoms with Gasteiger partial charge in [-0.25, -0.2) is 4.79 Å². The molecule has 4 heteroatoms. The molecule has 1 N–H and O–H groups in total. The molecule has 0 saturated heterocycles. The van der Waals surface area contributed by atoms with Gasteiger partial charge in [0.15, 0.2) is 0 Å². The fourth-order valence-electron chi connectivity index (χ4n) is 9.97. The van der Waals surface area contributed by atoms with Crippen molar-refractivity contribution in [3.63, 3.8) is 0 Å². The average Bonchev–Trinajstić information content (AvgIpc) is 3.21. The molecule has 0 heterocycles. The van der Waals surface area contributed by atoms with E-state index in [0.717, 1.165) is 60.8 Å². The van der Waals surface area contributed by atoms with Crippen molar-refractivity contribution in [2.45, 2.75) is 118 Å². The summed E-state index contributed by atoms with van der Waals surface area (Å²) in [6.07, 6.45) is 16.7. The highest BCUT2D eigenvalue weighted by atomic mass is 16.6. The van der Waals surface area contributed by atoms with Crippen LogP contribution in [0.15, 0.2) is 11.6 Å². The number of rotatable bonds is 10. The first kappa shape index (κ1) is 29.9. The smallest absolute Gasteiger partial charge is 0.407 e. The van der Waals surface area contributed by atoms with Crippen molar-refractivity contribution in [2.24, 2.45) is 52.3 Å². The van der Waals surface area contributed by atoms with E-state index < -0.39 is 0 Å². The van der Waals surface area contributed by atoms with Crippen molar-refractivity contribution in [3.8, 4) is 0 Å². The number of hydrogen-bond acceptors (Lipinski definition) is 3. The van der Waals surface area contributed by atoms with Crippen LogP contribution >= 0.6 is 0 Å². The van der Waals surface area contributed by atoms with Gasteiger partial charge in [0.2, 0.25) is 0 Å². The van der Waals surface area contributed by atoms with E-state index in [9.17, 15) is 4.79 Å². The van der Waals surface area contributed by atoms with E-state index in [2.05, 4.69) is 57.8 Å². The second-order valence-corrected chi connectivity index (χ2v) is 15.0. The third-order valence-electron chi connectivity index (χ3n) is 12.4. The molecule has 4 aliphatic carbocycles. The number of hydrogen-bond donors (Lipinski definition) is 1. The van der Waals surface area contributed by atoms with E-state index in [-0.39, 0.29) is 12.2 Å². The van der Waals surface area contributed by atoms with Gasteiger partial charge in [-0.1, -0.05) is 66.0 Å². The highest BCUT2D eigenvalue weighted by Gasteiger charge is 2.59. The minimum Gasteiger partial charge on any atom is -0.446 e. The standard InChI is InChI=1S/C34H60N2O2/c1-9-25(23(2)3)11-10-24(4)29-14-15-30-28-13-12-26-22-27(38-32(37)35-20-21-36(7)8)16-18-33(26,5)31(28)17-19-34(29,30)6/h12,23-25,27-31H,9-11,13-22H2,1-8H3,(H,35,37)/t24-,25-,27+,28?,29-,30+,31+,33?,34-/m1/s1. The Labute approximate surface area is 235 Å². The summed E-state index contributed by atoms with van der Waals surface area (Å²) in [5, 5.41) is 2.93. The second-order valence-electron chi connectivity index (χ2n) is 15.0. The fourth-order valence-corrected chi connectivity index (χ4v) is 9.97. The molecule has 0 radical (unpaired) electrons. The fraction of sp³-hybridized carbons (Fsp3) is 0.912. The van der Waals surface area contributed by atoms with Gasteiger partial charge >= 0.3 is 6.09 Å². The molecule has 3 fully saturated rings. The number of amides is 1. The van der Waals surface area contributed by atoms with Gasteiger partial charge in [0, 0.05) is 19.5 Å². The van der Waals surface area contributed by atoms with E-state index >= 15 is 0 Å². The van der Waals surface area contributed by atoms with Crippen LogP contribution in [0.25, 0.3) is 0 Å². The summed E-state index contributed by atoms with van der Waals surface area (Å²) in [5.74, 6) is 6.04. The van der Waals surface area contributed by atoms with E-state index in [1.54, 1.807) is 5.57 Å². The summed E-state index contributed by atoms with van der Waals surface area (Å²) in [6.45, 7) is 16.5. The van der Waals surface area contributed by atoms with E-state index in [1.165, 1.54) is 57.8 Å². The van der Waals surface area contributed by atoms with Gasteiger partial charge in [-0.2, -0.15) is 0 Å². The van der Waals surface area contributed by atoms with Crippen molar-refractivity contribution in [1.29, 1.82) is 0 Å². The van der Waals surface area contributed by atoms with E-state index in [4.69, 9.17) is 4.74 Å². The first-order chi connectivity index (χ1) is 18.0. The molecule has 2 unspecified atom stereocenters. The monoisotopic (exact) mass is 528 g/mol. The Kier molecular flexibility index (Phi) is 9.64. The first-order valence-electron chi connectivity index (χ1n) is 16.3. The van der Waals surface area contributed by atoms with Gasteiger partial charge in [-0.3, -0.25) is 0 Å². The number of allylic oxidation sites excluding steroid dienone is 1. The number of ether oxygens (including phenoxy) is 1. The zero-order chi connectivity index (χ0) is 27.7. The molecule has 0 aromatic heterocycles. The summed E-state index contributed by atoms with van der Waals surface area (Å²) >= 11 is 0. The molecule has 0 aromatic rings. The van der Waals surface area contributed by atoms with Crippen LogP contribution in [-0.4, -0.2) is 44.3 Å². The molecule has 4 rings (SSSR count). The Morgan fingerprint density at radius 1 is 1.08 bits per heavy atom. The summed E-state index contributed by atoms with van der Waals surface area (Å²) in [4.78, 5) is 14.4. The van der Waals surface area contributed by atoms with Gasteiger partial charge < -0.3 is 15.0 Å². The van der Waals surface area contributed by atoms with Gasteiger partial charge in [-0.05, 0) is 118 Å². The van der Waals surface area contributed by atoms with Crippen LogP contribution in [0.2, 0.25) is 0 Å². The summed E-state index contributed by atoms with van der Waals surface area (Å²) in [5.41, 5.74) is 2.44. The number of carbonyl (C=O) groups is 1. The predicted octanol–water partition coefficient (Wildman–Crippen LogP) is 8.32. The Morgan fingerprint density at radius 3 is 2.53 bits per heavy atom. The Hall–Kier alpha value is -1.03. The number of alkyl carbamates (subject to hydrolysis) is 1. The largest absolute Gasteiger partial charge is 0.446 e. The van der Waals surface area contributed by atoms with Crippen LogP contribution in [0, 0.1) is 52.3 Å². The number of nitrogens with one attached hydrogen (secondary N) is 1. The summed E-state index contributed by atoms with van der Waals surface area (Å²) in [7, 11) is 4.04. The molecule has 0 spiro atoms. The third-order valence-corrected chi connectivity index (χ3v) is 12.4. The number of nitrogens with zero attached hydrogens (tertiary/aromatic N) is 1. The van der Waals surface area contributed by atoms with Crippen molar-refractivity contribution in [2.75, 3.05) is 27.2 Å². The minimum atomic E-state index is -0.243. The van der Waals surface area contributed by atoms with Crippen LogP contribution in [0.3, 0.4) is 0 Å². The average molecular weight is 529 g/mol. The van der Waals surface area contributed by atoms with Crippen molar-refractivity contribution in [3.05, 3.63) is 11.6 Å². The van der Waals surface area contributed by atoms with Crippen molar-refractivity contribution < 1.29 is 9.53 Å². The summed E-state index contributed by atoms with van der Waals surface area (Å²) < 4.78 is 5.88. The number of fused-ring (bicyclic) bond motifs is 5. The lowest BCUT2D eigenvalue weighted by Gasteiger charge is -2.58. The second kappa shape index (κ2) is 12.2. The highest BCUT2D eigenvalue weighted by Crippen LogP contribution is 2.67. The zero-order valence-electron chi connectivity index (χ0n) is 26.2. The predicted molar refractivity (Wildman–Crippen MR) is 159 cm³/mol. The lowest BCUT2D eigenvalue weighted by atomic mass is 9.47. The normalized spacial score (nSPS) is 38.2. The van der Waals surface area contributed by atoms with Crippen LogP contribution in [0.4, 0.5) is 4.79 Å². The highest BCUT2D eigenvalue weighted by molar-refractivity contribution is 5.67. The maximum absolute atomic E-state index is 12.4. The molecule has 0 bridgehead atoms. The molecular weight excluding hydrogens is 468 g/mol.